The number of thiophene rings is 1. The predicted octanol–water partition coefficient (Wildman–Crippen LogP) is 7.65. The number of carboxylic acid groups (broad SMARTS) is 1. The van der Waals surface area contributed by atoms with Crippen molar-refractivity contribution in [2.24, 2.45) is 5.92 Å². The molecule has 2 amide bonds. The van der Waals surface area contributed by atoms with Gasteiger partial charge in [-0.2, -0.15) is 0 Å². The molecule has 268 valence electrons. The Morgan fingerprint density at radius 2 is 1.58 bits per heavy atom. The quantitative estimate of drug-likeness (QED) is 0.136. The number of nitrogens with zero attached hydrogens (tertiary/aromatic N) is 3. The van der Waals surface area contributed by atoms with Crippen LogP contribution in [0.3, 0.4) is 0 Å². The van der Waals surface area contributed by atoms with Gasteiger partial charge in [0, 0.05) is 53.5 Å². The fourth-order valence-electron chi connectivity index (χ4n) is 5.86. The highest BCUT2D eigenvalue weighted by Gasteiger charge is 2.39. The summed E-state index contributed by atoms with van der Waals surface area (Å²) in [4.78, 5) is 50.2. The summed E-state index contributed by atoms with van der Waals surface area (Å²) in [5, 5.41) is 12.2. The lowest BCUT2D eigenvalue weighted by atomic mass is 9.95. The second-order valence-electron chi connectivity index (χ2n) is 14.0. The van der Waals surface area contributed by atoms with E-state index >= 15 is 4.39 Å². The predicted molar refractivity (Wildman–Crippen MR) is 200 cm³/mol. The van der Waals surface area contributed by atoms with E-state index in [0.29, 0.717) is 28.4 Å². The van der Waals surface area contributed by atoms with Gasteiger partial charge in [0.1, 0.15) is 17.6 Å². The van der Waals surface area contributed by atoms with Crippen molar-refractivity contribution >= 4 is 29.1 Å². The molecule has 0 spiro atoms. The average molecular weight is 721 g/mol. The number of aromatic nitrogens is 2. The van der Waals surface area contributed by atoms with E-state index < -0.39 is 17.9 Å². The minimum absolute atomic E-state index is 0.108. The third-order valence-electron chi connectivity index (χ3n) is 8.96. The molecule has 2 aromatic heterocycles. The largest absolute Gasteiger partial charge is 0.494 e. The first-order valence-corrected chi connectivity index (χ1v) is 18.1. The maximum Gasteiger partial charge on any atom is 0.310 e. The molecular formula is C41H41FN4O5S. The van der Waals surface area contributed by atoms with Gasteiger partial charge in [0.15, 0.2) is 5.82 Å². The van der Waals surface area contributed by atoms with Crippen molar-refractivity contribution in [2.45, 2.75) is 52.0 Å². The molecule has 1 saturated heterocycles. The molecular weight excluding hydrogens is 680 g/mol. The monoisotopic (exact) mass is 720 g/mol. The molecule has 0 saturated carbocycles. The number of rotatable bonds is 12. The molecule has 0 aliphatic carbocycles. The highest BCUT2D eigenvalue weighted by Crippen LogP contribution is 2.31. The van der Waals surface area contributed by atoms with Crippen LogP contribution in [0.15, 0.2) is 91.3 Å². The Hall–Kier alpha value is -5.42. The molecule has 1 aliphatic rings. The number of hydrogen-bond donors (Lipinski definition) is 2. The number of benzene rings is 3. The maximum atomic E-state index is 15.3. The van der Waals surface area contributed by atoms with E-state index in [-0.39, 0.29) is 42.6 Å². The summed E-state index contributed by atoms with van der Waals surface area (Å²) < 4.78 is 20.9. The molecule has 3 heterocycles. The molecule has 11 heteroatoms. The molecule has 9 nitrogen and oxygen atoms in total. The van der Waals surface area contributed by atoms with E-state index in [1.165, 1.54) is 22.3 Å². The van der Waals surface area contributed by atoms with E-state index in [2.05, 4.69) is 36.1 Å². The van der Waals surface area contributed by atoms with E-state index in [1.807, 2.05) is 67.6 Å². The Balaban J connectivity index is 1.13. The summed E-state index contributed by atoms with van der Waals surface area (Å²) in [5.41, 5.74) is 3.97. The van der Waals surface area contributed by atoms with Crippen LogP contribution in [0, 0.1) is 11.7 Å². The van der Waals surface area contributed by atoms with Crippen LogP contribution < -0.4 is 10.1 Å². The van der Waals surface area contributed by atoms with Gasteiger partial charge in [0.25, 0.3) is 5.91 Å². The zero-order valence-corrected chi connectivity index (χ0v) is 30.4. The van der Waals surface area contributed by atoms with E-state index in [1.54, 1.807) is 24.5 Å². The molecule has 2 N–H and O–H groups in total. The number of likely N-dealkylation sites (tertiary alicyclic amines) is 1. The Labute approximate surface area is 306 Å². The van der Waals surface area contributed by atoms with Crippen molar-refractivity contribution in [3.63, 3.8) is 0 Å². The number of carbonyl (C=O) groups excluding carboxylic acids is 2. The molecule has 6 rings (SSSR count). The fraction of sp³-hybridized carbons (Fsp3) is 0.293. The standard InChI is InChI=1S/C41H41FN4O5S/c1-5-18-51-31-13-10-26(11-14-31)28-12-15-32(33(42)20-28)29-21-43-37(44-22-29)27-8-6-25(7-9-27)19-34(39(48)46-23-30(24-46)40(49)50)45-38(47)35-16-17-36(52-35)41(2,3)4/h6-17,20-22,30,34H,5,18-19,23-24H2,1-4H3,(H,45,47)(H,49,50)/t34-/m0/s1. The number of nitrogens with one attached hydrogen (secondary N) is 1. The van der Waals surface area contributed by atoms with Gasteiger partial charge in [0.2, 0.25) is 5.91 Å². The summed E-state index contributed by atoms with van der Waals surface area (Å²) in [5.74, 6) is -1.38. The van der Waals surface area contributed by atoms with Crippen LogP contribution in [-0.2, 0) is 21.4 Å². The first-order chi connectivity index (χ1) is 24.9. The molecule has 1 atom stereocenters. The molecule has 0 unspecified atom stereocenters. The summed E-state index contributed by atoms with van der Waals surface area (Å²) in [6.07, 6.45) is 4.31. The zero-order valence-electron chi connectivity index (χ0n) is 29.6. The van der Waals surface area contributed by atoms with Gasteiger partial charge in [-0.05, 0) is 58.9 Å². The van der Waals surface area contributed by atoms with Crippen LogP contribution in [0.5, 0.6) is 5.75 Å². The number of halogens is 1. The Bertz CT molecular complexity index is 2050. The summed E-state index contributed by atoms with van der Waals surface area (Å²) in [6, 6.07) is 22.8. The normalized spacial score (nSPS) is 13.7. The number of carboxylic acids is 1. The van der Waals surface area contributed by atoms with Crippen molar-refractivity contribution in [3.05, 3.63) is 112 Å². The molecule has 3 aromatic carbocycles. The molecule has 5 aromatic rings. The van der Waals surface area contributed by atoms with Gasteiger partial charge in [0.05, 0.1) is 17.4 Å². The molecule has 1 fully saturated rings. The van der Waals surface area contributed by atoms with Crippen LogP contribution in [-0.4, -0.2) is 63.5 Å². The van der Waals surface area contributed by atoms with Gasteiger partial charge in [-0.25, -0.2) is 14.4 Å². The van der Waals surface area contributed by atoms with Crippen LogP contribution >= 0.6 is 11.3 Å². The Kier molecular flexibility index (Phi) is 10.8. The van der Waals surface area contributed by atoms with E-state index in [9.17, 15) is 19.5 Å². The molecule has 0 bridgehead atoms. The van der Waals surface area contributed by atoms with Crippen LogP contribution in [0.4, 0.5) is 4.39 Å². The lowest BCUT2D eigenvalue weighted by molar-refractivity contribution is -0.153. The van der Waals surface area contributed by atoms with Crippen LogP contribution in [0.25, 0.3) is 33.6 Å². The van der Waals surface area contributed by atoms with Gasteiger partial charge in [-0.3, -0.25) is 14.4 Å². The summed E-state index contributed by atoms with van der Waals surface area (Å²) in [7, 11) is 0. The number of hydrogen-bond acceptors (Lipinski definition) is 7. The molecule has 1 aliphatic heterocycles. The second kappa shape index (κ2) is 15.4. The van der Waals surface area contributed by atoms with Crippen molar-refractivity contribution in [2.75, 3.05) is 19.7 Å². The number of carbonyl (C=O) groups is 3. The van der Waals surface area contributed by atoms with Crippen molar-refractivity contribution in [3.8, 4) is 39.4 Å². The fourth-order valence-corrected chi connectivity index (χ4v) is 6.83. The maximum absolute atomic E-state index is 15.3. The minimum Gasteiger partial charge on any atom is -0.494 e. The number of amides is 2. The third-order valence-corrected chi connectivity index (χ3v) is 10.5. The summed E-state index contributed by atoms with van der Waals surface area (Å²) in [6.45, 7) is 9.13. The molecule has 0 radical (unpaired) electrons. The van der Waals surface area contributed by atoms with Crippen LogP contribution in [0.2, 0.25) is 0 Å². The highest BCUT2D eigenvalue weighted by molar-refractivity contribution is 7.14. The third kappa shape index (κ3) is 8.37. The number of ether oxygens (including phenoxy) is 1. The Morgan fingerprint density at radius 3 is 2.17 bits per heavy atom. The number of aliphatic carboxylic acids is 1. The Morgan fingerprint density at radius 1 is 0.923 bits per heavy atom. The minimum atomic E-state index is -0.942. The van der Waals surface area contributed by atoms with Gasteiger partial charge < -0.3 is 20.1 Å². The van der Waals surface area contributed by atoms with Crippen molar-refractivity contribution < 1.29 is 28.6 Å². The van der Waals surface area contributed by atoms with Gasteiger partial charge >= 0.3 is 5.97 Å². The van der Waals surface area contributed by atoms with Gasteiger partial charge in [-0.1, -0.05) is 76.2 Å². The smallest absolute Gasteiger partial charge is 0.310 e. The highest BCUT2D eigenvalue weighted by atomic mass is 32.1. The first kappa shape index (κ1) is 36.4. The van der Waals surface area contributed by atoms with Gasteiger partial charge in [-0.15, -0.1) is 11.3 Å². The SMILES string of the molecule is CCCOc1ccc(-c2ccc(-c3cnc(-c4ccc(C[C@H](NC(=O)c5ccc(C(C)(C)C)s5)C(=O)N5CC(C(=O)O)C5)cc4)nc3)c(F)c2)cc1. The summed E-state index contributed by atoms with van der Waals surface area (Å²) >= 11 is 1.39. The topological polar surface area (TPSA) is 122 Å². The van der Waals surface area contributed by atoms with E-state index in [4.69, 9.17) is 4.74 Å². The lowest BCUT2D eigenvalue weighted by Crippen LogP contribution is -2.59. The zero-order chi connectivity index (χ0) is 37.0. The average Bonchev–Trinajstić information content (AvgIpc) is 3.62. The molecule has 52 heavy (non-hydrogen) atoms. The van der Waals surface area contributed by atoms with Crippen molar-refractivity contribution in [1.82, 2.24) is 20.2 Å². The van der Waals surface area contributed by atoms with E-state index in [0.717, 1.165) is 39.3 Å². The second-order valence-corrected chi connectivity index (χ2v) is 15.1. The van der Waals surface area contributed by atoms with Crippen LogP contribution in [0.1, 0.15) is 54.2 Å². The lowest BCUT2D eigenvalue weighted by Gasteiger charge is -2.38. The van der Waals surface area contributed by atoms with Crippen molar-refractivity contribution in [1.29, 1.82) is 0 Å². The first-order valence-electron chi connectivity index (χ1n) is 17.3.